The van der Waals surface area contributed by atoms with Gasteiger partial charge in [0.1, 0.15) is 0 Å². The molecule has 0 aromatic rings. The first-order chi connectivity index (χ1) is 8.30. The van der Waals surface area contributed by atoms with Gasteiger partial charge in [0, 0.05) is 0 Å². The van der Waals surface area contributed by atoms with Gasteiger partial charge in [-0.3, -0.25) is 0 Å². The van der Waals surface area contributed by atoms with E-state index < -0.39 is 0 Å². The topological polar surface area (TPSA) is 20.2 Å². The van der Waals surface area contributed by atoms with E-state index in [0.29, 0.717) is 16.7 Å². The van der Waals surface area contributed by atoms with Crippen molar-refractivity contribution in [3.05, 3.63) is 0 Å². The highest BCUT2D eigenvalue weighted by atomic mass is 16.3. The minimum absolute atomic E-state index is 0.340. The van der Waals surface area contributed by atoms with Gasteiger partial charge < -0.3 is 5.11 Å². The van der Waals surface area contributed by atoms with Crippen LogP contribution in [0.4, 0.5) is 0 Å². The molecule has 3 atom stereocenters. The summed E-state index contributed by atoms with van der Waals surface area (Å²) in [5.41, 5.74) is 0.483. The van der Waals surface area contributed by atoms with Crippen LogP contribution in [0.15, 0.2) is 0 Å². The van der Waals surface area contributed by atoms with Crippen molar-refractivity contribution in [2.45, 2.75) is 78.2 Å². The highest BCUT2D eigenvalue weighted by molar-refractivity contribution is 5.15. The Morgan fingerprint density at radius 2 is 1.56 bits per heavy atom. The van der Waals surface area contributed by atoms with Crippen LogP contribution in [-0.4, -0.2) is 10.7 Å². The summed E-state index contributed by atoms with van der Waals surface area (Å²) in [6, 6.07) is 0. The predicted molar refractivity (Wildman–Crippen MR) is 75.3 cm³/mol. The molecule has 0 amide bonds. The second-order valence-electron chi connectivity index (χ2n) is 8.45. The molecule has 3 rings (SSSR count). The summed E-state index contributed by atoms with van der Waals surface area (Å²) in [6.45, 7) is 9.73. The van der Waals surface area contributed by atoms with Gasteiger partial charge in [-0.1, -0.05) is 27.7 Å². The molecule has 0 spiro atoms. The average molecular weight is 250 g/mol. The lowest BCUT2D eigenvalue weighted by Crippen LogP contribution is -2.49. The molecule has 2 bridgehead atoms. The van der Waals surface area contributed by atoms with Crippen molar-refractivity contribution in [3.8, 4) is 0 Å². The van der Waals surface area contributed by atoms with Crippen LogP contribution in [0.25, 0.3) is 0 Å². The molecule has 1 N–H and O–H groups in total. The standard InChI is InChI=1S/C17H30O/c1-12-5-9-17(18,10-6-12)14-11-13-7-8-16(14,4)15(13,2)3/h12-14,18H,5-11H2,1-4H3/t12?,13-,14-,16+,17?/m1/s1. The third-order valence-corrected chi connectivity index (χ3v) is 7.58. The van der Waals surface area contributed by atoms with Gasteiger partial charge in [0.2, 0.25) is 0 Å². The molecule has 1 heteroatoms. The average Bonchev–Trinajstić information content (AvgIpc) is 2.65. The van der Waals surface area contributed by atoms with E-state index in [4.69, 9.17) is 0 Å². The van der Waals surface area contributed by atoms with Crippen molar-refractivity contribution in [1.29, 1.82) is 0 Å². The van der Waals surface area contributed by atoms with Gasteiger partial charge in [0.15, 0.2) is 0 Å². The minimum atomic E-state index is -0.340. The fraction of sp³-hybridized carbons (Fsp3) is 1.00. The van der Waals surface area contributed by atoms with Crippen LogP contribution < -0.4 is 0 Å². The summed E-state index contributed by atoms with van der Waals surface area (Å²) >= 11 is 0. The van der Waals surface area contributed by atoms with Gasteiger partial charge in [-0.25, -0.2) is 0 Å². The van der Waals surface area contributed by atoms with Crippen molar-refractivity contribution >= 4 is 0 Å². The van der Waals surface area contributed by atoms with Crippen LogP contribution in [0, 0.1) is 28.6 Å². The molecule has 104 valence electrons. The lowest BCUT2D eigenvalue weighted by molar-refractivity contribution is -0.108. The minimum Gasteiger partial charge on any atom is -0.390 e. The van der Waals surface area contributed by atoms with E-state index in [9.17, 15) is 5.11 Å². The molecule has 3 fully saturated rings. The van der Waals surface area contributed by atoms with Crippen molar-refractivity contribution in [3.63, 3.8) is 0 Å². The monoisotopic (exact) mass is 250 g/mol. The maximum atomic E-state index is 11.2. The van der Waals surface area contributed by atoms with Crippen LogP contribution in [0.1, 0.15) is 72.6 Å². The molecule has 3 aliphatic carbocycles. The number of aliphatic hydroxyl groups is 1. The molecule has 3 aliphatic rings. The zero-order valence-electron chi connectivity index (χ0n) is 12.6. The van der Waals surface area contributed by atoms with E-state index in [0.717, 1.165) is 24.7 Å². The number of fused-ring (bicyclic) bond motifs is 2. The van der Waals surface area contributed by atoms with Gasteiger partial charge >= 0.3 is 0 Å². The lowest BCUT2D eigenvalue weighted by Gasteiger charge is -2.49. The normalized spacial score (nSPS) is 54.8. The molecule has 0 aliphatic heterocycles. The van der Waals surface area contributed by atoms with Gasteiger partial charge in [-0.2, -0.15) is 0 Å². The predicted octanol–water partition coefficient (Wildman–Crippen LogP) is 4.39. The summed E-state index contributed by atoms with van der Waals surface area (Å²) in [6.07, 6.45) is 8.59. The molecule has 3 saturated carbocycles. The van der Waals surface area contributed by atoms with Crippen molar-refractivity contribution in [2.75, 3.05) is 0 Å². The van der Waals surface area contributed by atoms with E-state index in [2.05, 4.69) is 27.7 Å². The van der Waals surface area contributed by atoms with E-state index in [-0.39, 0.29) is 5.60 Å². The molecule has 18 heavy (non-hydrogen) atoms. The summed E-state index contributed by atoms with van der Waals surface area (Å²) in [5.74, 6) is 2.24. The van der Waals surface area contributed by atoms with E-state index in [1.54, 1.807) is 0 Å². The molecule has 0 saturated heterocycles. The quantitative estimate of drug-likeness (QED) is 0.732. The molecule has 0 heterocycles. The van der Waals surface area contributed by atoms with Gasteiger partial charge in [-0.05, 0) is 73.5 Å². The van der Waals surface area contributed by atoms with Gasteiger partial charge in [0.25, 0.3) is 0 Å². The first kappa shape index (κ1) is 13.0. The second kappa shape index (κ2) is 3.75. The SMILES string of the molecule is CC1CCC(O)([C@@H]2C[C@H]3CC[C@]2(C)C3(C)C)CC1. The first-order valence-corrected chi connectivity index (χ1v) is 8.02. The molecular weight excluding hydrogens is 220 g/mol. The molecule has 0 unspecified atom stereocenters. The first-order valence-electron chi connectivity index (χ1n) is 8.02. The third-order valence-electron chi connectivity index (χ3n) is 7.58. The summed E-state index contributed by atoms with van der Waals surface area (Å²) in [4.78, 5) is 0. The van der Waals surface area contributed by atoms with E-state index in [1.807, 2.05) is 0 Å². The Balaban J connectivity index is 1.86. The fourth-order valence-corrected chi connectivity index (χ4v) is 5.63. The van der Waals surface area contributed by atoms with Crippen molar-refractivity contribution in [2.24, 2.45) is 28.6 Å². The van der Waals surface area contributed by atoms with Crippen molar-refractivity contribution < 1.29 is 5.11 Å². The summed E-state index contributed by atoms with van der Waals surface area (Å²) in [7, 11) is 0. The highest BCUT2D eigenvalue weighted by Gasteiger charge is 2.65. The smallest absolute Gasteiger partial charge is 0.0681 e. The molecular formula is C17H30O. The Morgan fingerprint density at radius 1 is 0.944 bits per heavy atom. The second-order valence-corrected chi connectivity index (χ2v) is 8.45. The molecule has 1 nitrogen and oxygen atoms in total. The summed E-state index contributed by atoms with van der Waals surface area (Å²) < 4.78 is 0. The van der Waals surface area contributed by atoms with Gasteiger partial charge in [0.05, 0.1) is 5.60 Å². The number of hydrogen-bond donors (Lipinski definition) is 1. The molecule has 0 aromatic heterocycles. The Kier molecular flexibility index (Phi) is 2.70. The van der Waals surface area contributed by atoms with E-state index in [1.165, 1.54) is 32.1 Å². The summed E-state index contributed by atoms with van der Waals surface area (Å²) in [5, 5.41) is 11.2. The zero-order valence-corrected chi connectivity index (χ0v) is 12.6. The van der Waals surface area contributed by atoms with Crippen LogP contribution in [-0.2, 0) is 0 Å². The Hall–Kier alpha value is -0.0400. The highest BCUT2D eigenvalue weighted by Crippen LogP contribution is 2.71. The van der Waals surface area contributed by atoms with Gasteiger partial charge in [-0.15, -0.1) is 0 Å². The Labute approximate surface area is 112 Å². The maximum Gasteiger partial charge on any atom is 0.0681 e. The lowest BCUT2D eigenvalue weighted by atomic mass is 9.58. The van der Waals surface area contributed by atoms with Crippen molar-refractivity contribution in [1.82, 2.24) is 0 Å². The third kappa shape index (κ3) is 1.49. The van der Waals surface area contributed by atoms with E-state index >= 15 is 0 Å². The van der Waals surface area contributed by atoms with Crippen LogP contribution in [0.5, 0.6) is 0 Å². The number of hydrogen-bond acceptors (Lipinski definition) is 1. The largest absolute Gasteiger partial charge is 0.390 e. The van der Waals surface area contributed by atoms with Crippen LogP contribution >= 0.6 is 0 Å². The molecule has 0 aromatic carbocycles. The maximum absolute atomic E-state index is 11.2. The van der Waals surface area contributed by atoms with Crippen LogP contribution in [0.2, 0.25) is 0 Å². The number of rotatable bonds is 1. The Morgan fingerprint density at radius 3 is 2.00 bits per heavy atom. The zero-order chi connectivity index (χ0) is 13.2. The fourth-order valence-electron chi connectivity index (χ4n) is 5.63. The molecule has 0 radical (unpaired) electrons. The van der Waals surface area contributed by atoms with Crippen LogP contribution in [0.3, 0.4) is 0 Å². The Bertz CT molecular complexity index is 338.